The van der Waals surface area contributed by atoms with E-state index in [1.54, 1.807) is 0 Å². The first-order valence-electron chi connectivity index (χ1n) is 6.58. The summed E-state index contributed by atoms with van der Waals surface area (Å²) in [7, 11) is 0. The Bertz CT molecular complexity index is 554. The topological polar surface area (TPSA) is 55.6 Å². The molecular formula is C14H21N5. The van der Waals surface area contributed by atoms with E-state index in [0.29, 0.717) is 6.04 Å². The third kappa shape index (κ3) is 2.98. The maximum Gasteiger partial charge on any atom is 0.175 e. The summed E-state index contributed by atoms with van der Waals surface area (Å²) in [6.45, 7) is 11.1. The van der Waals surface area contributed by atoms with Crippen molar-refractivity contribution in [3.8, 4) is 5.82 Å². The normalized spacial score (nSPS) is 11.3. The maximum atomic E-state index is 4.48. The second-order valence-corrected chi connectivity index (χ2v) is 5.13. The van der Waals surface area contributed by atoms with Crippen molar-refractivity contribution in [2.45, 2.75) is 47.2 Å². The molecule has 0 spiro atoms. The van der Waals surface area contributed by atoms with Crippen molar-refractivity contribution in [2.24, 2.45) is 0 Å². The van der Waals surface area contributed by atoms with Gasteiger partial charge in [0.25, 0.3) is 0 Å². The molecule has 5 heteroatoms. The van der Waals surface area contributed by atoms with E-state index in [0.717, 1.165) is 29.4 Å². The third-order valence-electron chi connectivity index (χ3n) is 3.27. The summed E-state index contributed by atoms with van der Waals surface area (Å²) in [5.74, 6) is 0.766. The average molecular weight is 259 g/mol. The van der Waals surface area contributed by atoms with Crippen LogP contribution in [0.25, 0.3) is 5.82 Å². The number of nitrogens with one attached hydrogen (secondary N) is 1. The van der Waals surface area contributed by atoms with E-state index in [1.807, 2.05) is 30.7 Å². The highest BCUT2D eigenvalue weighted by Gasteiger charge is 2.10. The van der Waals surface area contributed by atoms with Gasteiger partial charge in [0.15, 0.2) is 5.82 Å². The van der Waals surface area contributed by atoms with Crippen LogP contribution >= 0.6 is 0 Å². The molecule has 5 nitrogen and oxygen atoms in total. The van der Waals surface area contributed by atoms with Gasteiger partial charge in [0.05, 0.1) is 11.4 Å². The van der Waals surface area contributed by atoms with Gasteiger partial charge >= 0.3 is 0 Å². The van der Waals surface area contributed by atoms with Crippen LogP contribution in [-0.4, -0.2) is 26.0 Å². The Kier molecular flexibility index (Phi) is 3.95. The maximum absolute atomic E-state index is 4.48. The Morgan fingerprint density at radius 3 is 2.37 bits per heavy atom. The van der Waals surface area contributed by atoms with Gasteiger partial charge in [-0.05, 0) is 38.5 Å². The highest BCUT2D eigenvalue weighted by Crippen LogP contribution is 2.14. The van der Waals surface area contributed by atoms with Crippen molar-refractivity contribution in [3.05, 3.63) is 34.8 Å². The van der Waals surface area contributed by atoms with E-state index < -0.39 is 0 Å². The van der Waals surface area contributed by atoms with Crippen molar-refractivity contribution in [1.82, 2.24) is 25.3 Å². The molecule has 0 amide bonds. The molecule has 0 fully saturated rings. The zero-order valence-electron chi connectivity index (χ0n) is 12.2. The Hall–Kier alpha value is -1.75. The molecule has 0 unspecified atom stereocenters. The van der Waals surface area contributed by atoms with Crippen LogP contribution in [0.1, 0.15) is 36.5 Å². The molecule has 102 valence electrons. The minimum atomic E-state index is 0.445. The average Bonchev–Trinajstić information content (AvgIpc) is 2.65. The van der Waals surface area contributed by atoms with Crippen LogP contribution in [0.5, 0.6) is 0 Å². The molecule has 1 N–H and O–H groups in total. The van der Waals surface area contributed by atoms with Crippen LogP contribution in [0.2, 0.25) is 0 Å². The summed E-state index contributed by atoms with van der Waals surface area (Å²) in [6.07, 6.45) is 0. The lowest BCUT2D eigenvalue weighted by Crippen LogP contribution is -2.22. The molecule has 0 saturated heterocycles. The Morgan fingerprint density at radius 2 is 1.89 bits per heavy atom. The SMILES string of the molecule is Cc1nn(-c2ccc(CNC(C)C)nn2)c(C)c1C. The first-order valence-corrected chi connectivity index (χ1v) is 6.58. The van der Waals surface area contributed by atoms with Crippen LogP contribution in [0.15, 0.2) is 12.1 Å². The lowest BCUT2D eigenvalue weighted by Gasteiger charge is -2.07. The summed E-state index contributed by atoms with van der Waals surface area (Å²) in [5, 5.41) is 16.3. The predicted molar refractivity (Wildman–Crippen MR) is 75.3 cm³/mol. The van der Waals surface area contributed by atoms with Crippen molar-refractivity contribution >= 4 is 0 Å². The van der Waals surface area contributed by atoms with E-state index in [2.05, 4.69) is 41.4 Å². The fraction of sp³-hybridized carbons (Fsp3) is 0.500. The van der Waals surface area contributed by atoms with E-state index in [1.165, 1.54) is 5.56 Å². The quantitative estimate of drug-likeness (QED) is 0.913. The van der Waals surface area contributed by atoms with Gasteiger partial charge in [0, 0.05) is 18.3 Å². The molecule has 2 rings (SSSR count). The summed E-state index contributed by atoms with van der Waals surface area (Å²) in [6, 6.07) is 4.40. The molecule has 19 heavy (non-hydrogen) atoms. The Balaban J connectivity index is 2.20. The molecule has 2 heterocycles. The number of nitrogens with zero attached hydrogens (tertiary/aromatic N) is 4. The third-order valence-corrected chi connectivity index (χ3v) is 3.27. The largest absolute Gasteiger partial charge is 0.309 e. The first kappa shape index (κ1) is 13.7. The van der Waals surface area contributed by atoms with E-state index in [9.17, 15) is 0 Å². The first-order chi connectivity index (χ1) is 8.99. The summed E-state index contributed by atoms with van der Waals surface area (Å²) in [5.41, 5.74) is 4.28. The van der Waals surface area contributed by atoms with Gasteiger partial charge in [0.2, 0.25) is 0 Å². The van der Waals surface area contributed by atoms with E-state index in [-0.39, 0.29) is 0 Å². The summed E-state index contributed by atoms with van der Waals surface area (Å²) in [4.78, 5) is 0. The zero-order valence-corrected chi connectivity index (χ0v) is 12.2. The zero-order chi connectivity index (χ0) is 14.0. The smallest absolute Gasteiger partial charge is 0.175 e. The van der Waals surface area contributed by atoms with Crippen LogP contribution in [-0.2, 0) is 6.54 Å². The molecule has 0 bridgehead atoms. The highest BCUT2D eigenvalue weighted by atomic mass is 15.3. The van der Waals surface area contributed by atoms with Crippen molar-refractivity contribution in [1.29, 1.82) is 0 Å². The van der Waals surface area contributed by atoms with Crippen LogP contribution in [0.3, 0.4) is 0 Å². The summed E-state index contributed by atoms with van der Waals surface area (Å²) < 4.78 is 1.84. The molecule has 0 aromatic carbocycles. The Labute approximate surface area is 114 Å². The van der Waals surface area contributed by atoms with Crippen LogP contribution in [0, 0.1) is 20.8 Å². The molecule has 0 radical (unpaired) electrons. The lowest BCUT2D eigenvalue weighted by atomic mass is 10.2. The second kappa shape index (κ2) is 5.48. The van der Waals surface area contributed by atoms with Gasteiger partial charge in [-0.25, -0.2) is 4.68 Å². The molecule has 0 aliphatic carbocycles. The van der Waals surface area contributed by atoms with Gasteiger partial charge in [-0.3, -0.25) is 0 Å². The molecule has 0 saturated carbocycles. The second-order valence-electron chi connectivity index (χ2n) is 5.13. The molecule has 0 aliphatic rings. The number of rotatable bonds is 4. The van der Waals surface area contributed by atoms with E-state index in [4.69, 9.17) is 0 Å². The van der Waals surface area contributed by atoms with Gasteiger partial charge in [-0.1, -0.05) is 13.8 Å². The molecule has 2 aromatic heterocycles. The molecule has 0 aliphatic heterocycles. The van der Waals surface area contributed by atoms with Gasteiger partial charge in [-0.2, -0.15) is 10.2 Å². The monoisotopic (exact) mass is 259 g/mol. The highest BCUT2D eigenvalue weighted by molar-refractivity contribution is 5.30. The minimum absolute atomic E-state index is 0.445. The van der Waals surface area contributed by atoms with Gasteiger partial charge in [-0.15, -0.1) is 5.10 Å². The number of aromatic nitrogens is 4. The lowest BCUT2D eigenvalue weighted by molar-refractivity contribution is 0.576. The van der Waals surface area contributed by atoms with E-state index >= 15 is 0 Å². The standard InChI is InChI=1S/C14H21N5/c1-9(2)15-8-13-6-7-14(17-16-13)19-12(5)10(3)11(4)18-19/h6-7,9,15H,8H2,1-5H3. The molecule has 2 aromatic rings. The van der Waals surface area contributed by atoms with Crippen molar-refractivity contribution < 1.29 is 0 Å². The number of hydrogen-bond donors (Lipinski definition) is 1. The van der Waals surface area contributed by atoms with Crippen LogP contribution in [0.4, 0.5) is 0 Å². The fourth-order valence-corrected chi connectivity index (χ4v) is 1.81. The summed E-state index contributed by atoms with van der Waals surface area (Å²) >= 11 is 0. The van der Waals surface area contributed by atoms with Crippen molar-refractivity contribution in [2.75, 3.05) is 0 Å². The molecule has 0 atom stereocenters. The minimum Gasteiger partial charge on any atom is -0.309 e. The number of aryl methyl sites for hydroxylation is 1. The predicted octanol–water partition coefficient (Wildman–Crippen LogP) is 2.09. The Morgan fingerprint density at radius 1 is 1.16 bits per heavy atom. The van der Waals surface area contributed by atoms with Crippen molar-refractivity contribution in [3.63, 3.8) is 0 Å². The fourth-order valence-electron chi connectivity index (χ4n) is 1.81. The van der Waals surface area contributed by atoms with Crippen LogP contribution < -0.4 is 5.32 Å². The molecular weight excluding hydrogens is 238 g/mol. The van der Waals surface area contributed by atoms with Gasteiger partial charge < -0.3 is 5.32 Å². The van der Waals surface area contributed by atoms with Gasteiger partial charge in [0.1, 0.15) is 0 Å². The number of hydrogen-bond acceptors (Lipinski definition) is 4.